The van der Waals surface area contributed by atoms with E-state index in [1.165, 1.54) is 72.1 Å². The predicted octanol–water partition coefficient (Wildman–Crippen LogP) is 7.20. The van der Waals surface area contributed by atoms with Gasteiger partial charge in [0.2, 0.25) is 5.69 Å². The van der Waals surface area contributed by atoms with Gasteiger partial charge >= 0.3 is 0 Å². The molecule has 2 nitrogen and oxygen atoms in total. The van der Waals surface area contributed by atoms with Gasteiger partial charge in [-0.1, -0.05) is 36.4 Å². The van der Waals surface area contributed by atoms with E-state index < -0.39 is 0 Å². The molecule has 0 radical (unpaired) electrons. The van der Waals surface area contributed by atoms with Crippen molar-refractivity contribution in [2.24, 2.45) is 0 Å². The van der Waals surface area contributed by atoms with E-state index in [0.717, 1.165) is 6.42 Å². The average Bonchev–Trinajstić information content (AvgIpc) is 3.08. The molecule has 0 aliphatic carbocycles. The van der Waals surface area contributed by atoms with Gasteiger partial charge in [0.15, 0.2) is 5.71 Å². The third-order valence-electron chi connectivity index (χ3n) is 8.30. The lowest BCUT2D eigenvalue weighted by Crippen LogP contribution is -2.34. The van der Waals surface area contributed by atoms with Gasteiger partial charge in [-0.15, -0.1) is 0 Å². The van der Waals surface area contributed by atoms with Crippen LogP contribution >= 0.6 is 0 Å². The van der Waals surface area contributed by atoms with Crippen molar-refractivity contribution in [2.75, 3.05) is 25.0 Å². The summed E-state index contributed by atoms with van der Waals surface area (Å²) in [7, 11) is 2.24. The van der Waals surface area contributed by atoms with Gasteiger partial charge in [-0.3, -0.25) is 0 Å². The smallest absolute Gasteiger partial charge is 0.210 e. The lowest BCUT2D eigenvalue weighted by Gasteiger charge is -2.37. The van der Waals surface area contributed by atoms with Crippen molar-refractivity contribution in [2.45, 2.75) is 51.4 Å². The zero-order chi connectivity index (χ0) is 23.3. The standard InChI is InChI=1S/C32H35N2/c1-4-5-18-32(2)29(33(3)28-16-15-24-10-6-7-13-27(24)30(28)32)17-14-23-21-25-11-8-19-34-20-9-12-26(22-23)31(25)34/h4-7,10,13-17,21-22H,8-9,11-12,18-20H2,1-3H3/q+1/b5-4+. The third-order valence-corrected chi connectivity index (χ3v) is 8.30. The summed E-state index contributed by atoms with van der Waals surface area (Å²) in [5.74, 6) is 0. The molecule has 0 aromatic heterocycles. The van der Waals surface area contributed by atoms with E-state index >= 15 is 0 Å². The van der Waals surface area contributed by atoms with Crippen LogP contribution in [0.5, 0.6) is 0 Å². The van der Waals surface area contributed by atoms with Crippen LogP contribution < -0.4 is 4.90 Å². The summed E-state index contributed by atoms with van der Waals surface area (Å²) in [6.07, 6.45) is 15.3. The van der Waals surface area contributed by atoms with Gasteiger partial charge in [0.25, 0.3) is 0 Å². The number of benzene rings is 3. The molecule has 3 aromatic rings. The van der Waals surface area contributed by atoms with E-state index in [1.54, 1.807) is 16.8 Å². The minimum atomic E-state index is -0.0623. The van der Waals surface area contributed by atoms with Crippen LogP contribution in [0.2, 0.25) is 0 Å². The molecule has 1 unspecified atom stereocenters. The molecular formula is C32H35N2+. The molecule has 0 fully saturated rings. The maximum Gasteiger partial charge on any atom is 0.210 e. The first-order valence-corrected chi connectivity index (χ1v) is 12.9. The summed E-state index contributed by atoms with van der Waals surface area (Å²) in [5.41, 5.74) is 10.1. The molecule has 172 valence electrons. The fraction of sp³-hybridized carbons (Fsp3) is 0.344. The second-order valence-corrected chi connectivity index (χ2v) is 10.4. The van der Waals surface area contributed by atoms with Gasteiger partial charge in [0.05, 0.1) is 5.41 Å². The highest BCUT2D eigenvalue weighted by Crippen LogP contribution is 2.46. The van der Waals surface area contributed by atoms with Crippen molar-refractivity contribution in [1.29, 1.82) is 0 Å². The molecule has 0 spiro atoms. The van der Waals surface area contributed by atoms with Gasteiger partial charge in [0, 0.05) is 36.5 Å². The molecule has 1 atom stereocenters. The van der Waals surface area contributed by atoms with Crippen LogP contribution in [0, 0.1) is 0 Å². The largest absolute Gasteiger partial charge is 0.371 e. The lowest BCUT2D eigenvalue weighted by molar-refractivity contribution is -0.401. The number of hydrogen-bond acceptors (Lipinski definition) is 1. The fourth-order valence-corrected chi connectivity index (χ4v) is 6.71. The summed E-state index contributed by atoms with van der Waals surface area (Å²) in [5, 5.41) is 2.70. The number of anilines is 1. The Morgan fingerprint density at radius 1 is 0.971 bits per heavy atom. The Balaban J connectivity index is 1.45. The highest BCUT2D eigenvalue weighted by Gasteiger charge is 2.46. The van der Waals surface area contributed by atoms with Crippen molar-refractivity contribution in [3.05, 3.63) is 89.0 Å². The quantitative estimate of drug-likeness (QED) is 0.303. The van der Waals surface area contributed by atoms with Gasteiger partial charge in [0.1, 0.15) is 7.05 Å². The number of rotatable bonds is 4. The summed E-state index contributed by atoms with van der Waals surface area (Å²) in [6, 6.07) is 18.3. The van der Waals surface area contributed by atoms with E-state index in [-0.39, 0.29) is 5.41 Å². The van der Waals surface area contributed by atoms with Gasteiger partial charge in [-0.05, 0) is 97.7 Å². The summed E-state index contributed by atoms with van der Waals surface area (Å²) < 4.78 is 2.42. The summed E-state index contributed by atoms with van der Waals surface area (Å²) in [4.78, 5) is 2.63. The Hall–Kier alpha value is -3.13. The highest BCUT2D eigenvalue weighted by molar-refractivity contribution is 6.09. The van der Waals surface area contributed by atoms with Crippen LogP contribution in [0.25, 0.3) is 16.8 Å². The Morgan fingerprint density at radius 3 is 2.44 bits per heavy atom. The maximum atomic E-state index is 2.63. The molecule has 3 aliphatic rings. The molecule has 0 saturated heterocycles. The average molecular weight is 448 g/mol. The van der Waals surface area contributed by atoms with Gasteiger partial charge in [-0.25, -0.2) is 0 Å². The fourth-order valence-electron chi connectivity index (χ4n) is 6.71. The number of aryl methyl sites for hydroxylation is 2. The first-order valence-electron chi connectivity index (χ1n) is 12.9. The highest BCUT2D eigenvalue weighted by atomic mass is 15.1. The first kappa shape index (κ1) is 21.4. The molecule has 0 N–H and O–H groups in total. The number of hydrogen-bond donors (Lipinski definition) is 0. The molecule has 0 amide bonds. The molecule has 34 heavy (non-hydrogen) atoms. The van der Waals surface area contributed by atoms with Crippen LogP contribution in [0.15, 0.2) is 66.8 Å². The molecular weight excluding hydrogens is 412 g/mol. The van der Waals surface area contributed by atoms with Crippen molar-refractivity contribution in [3.63, 3.8) is 0 Å². The van der Waals surface area contributed by atoms with Gasteiger partial charge < -0.3 is 4.90 Å². The van der Waals surface area contributed by atoms with Crippen LogP contribution in [-0.4, -0.2) is 30.4 Å². The van der Waals surface area contributed by atoms with Crippen LogP contribution in [0.1, 0.15) is 55.4 Å². The zero-order valence-electron chi connectivity index (χ0n) is 20.8. The van der Waals surface area contributed by atoms with Crippen molar-refractivity contribution < 1.29 is 4.58 Å². The summed E-state index contributed by atoms with van der Waals surface area (Å²) in [6.45, 7) is 7.01. The second-order valence-electron chi connectivity index (χ2n) is 10.4. The van der Waals surface area contributed by atoms with Crippen molar-refractivity contribution >= 4 is 33.9 Å². The molecule has 3 aliphatic heterocycles. The van der Waals surface area contributed by atoms with Crippen molar-refractivity contribution in [3.8, 4) is 0 Å². The number of fused-ring (bicyclic) bond motifs is 3. The maximum absolute atomic E-state index is 2.63. The number of allylic oxidation sites excluding steroid dienone is 3. The second kappa shape index (κ2) is 8.27. The molecule has 3 aromatic carbocycles. The monoisotopic (exact) mass is 447 g/mol. The van der Waals surface area contributed by atoms with Crippen LogP contribution in [0.4, 0.5) is 11.4 Å². The lowest BCUT2D eigenvalue weighted by atomic mass is 9.74. The molecule has 2 heteroatoms. The SMILES string of the molecule is C/C=C/CC1(C)C(/C=C/c2cc3c4c(c2)CCCN4CCC3)=[N+](C)c2ccc3ccccc3c21. The normalized spacial score (nSPS) is 21.7. The van der Waals surface area contributed by atoms with E-state index in [2.05, 4.69) is 103 Å². The van der Waals surface area contributed by atoms with Crippen LogP contribution in [0.3, 0.4) is 0 Å². The van der Waals surface area contributed by atoms with E-state index in [4.69, 9.17) is 0 Å². The predicted molar refractivity (Wildman–Crippen MR) is 146 cm³/mol. The topological polar surface area (TPSA) is 6.25 Å². The van der Waals surface area contributed by atoms with Crippen LogP contribution in [-0.2, 0) is 18.3 Å². The number of nitrogens with zero attached hydrogens (tertiary/aromatic N) is 2. The Morgan fingerprint density at radius 2 is 1.71 bits per heavy atom. The Bertz CT molecular complexity index is 1340. The molecule has 3 heterocycles. The zero-order valence-corrected chi connectivity index (χ0v) is 20.8. The summed E-state index contributed by atoms with van der Waals surface area (Å²) >= 11 is 0. The first-order chi connectivity index (χ1) is 16.6. The Kier molecular flexibility index (Phi) is 5.21. The van der Waals surface area contributed by atoms with Crippen molar-refractivity contribution in [1.82, 2.24) is 0 Å². The van der Waals surface area contributed by atoms with E-state index in [0.29, 0.717) is 0 Å². The molecule has 0 bridgehead atoms. The molecule has 6 rings (SSSR count). The third kappa shape index (κ3) is 3.27. The molecule has 0 saturated carbocycles. The minimum Gasteiger partial charge on any atom is -0.371 e. The van der Waals surface area contributed by atoms with E-state index in [9.17, 15) is 0 Å². The van der Waals surface area contributed by atoms with Gasteiger partial charge in [-0.2, -0.15) is 4.58 Å². The van der Waals surface area contributed by atoms with E-state index in [1.807, 2.05) is 0 Å². The Labute approximate surface area is 203 Å². The minimum absolute atomic E-state index is 0.0623.